The van der Waals surface area contributed by atoms with Gasteiger partial charge in [0.05, 0.1) is 6.54 Å². The van der Waals surface area contributed by atoms with E-state index in [4.69, 9.17) is 0 Å². The molecule has 2 unspecified atom stereocenters. The van der Waals surface area contributed by atoms with Crippen LogP contribution in [0.2, 0.25) is 0 Å². The molecule has 0 aromatic rings. The molecule has 0 amide bonds. The van der Waals surface area contributed by atoms with Crippen LogP contribution < -0.4 is 5.32 Å². The Morgan fingerprint density at radius 1 is 1.27 bits per heavy atom. The Balaban J connectivity index is 2.02. The zero-order chi connectivity index (χ0) is 7.52. The van der Waals surface area contributed by atoms with Gasteiger partial charge in [0.2, 0.25) is 0 Å². The normalized spacial score (nSPS) is 37.8. The smallest absolute Gasteiger partial charge is 0.0510 e. The molecule has 0 radical (unpaired) electrons. The summed E-state index contributed by atoms with van der Waals surface area (Å²) in [7, 11) is 0. The second kappa shape index (κ2) is 3.35. The molecule has 1 aliphatic carbocycles. The first-order valence-corrected chi connectivity index (χ1v) is 4.70. The SMILES string of the molecule is C1=NCCNC2CCCCC12. The fourth-order valence-electron chi connectivity index (χ4n) is 2.12. The summed E-state index contributed by atoms with van der Waals surface area (Å²) >= 11 is 0. The molecule has 0 bridgehead atoms. The van der Waals surface area contributed by atoms with Gasteiger partial charge < -0.3 is 5.32 Å². The number of hydrogen-bond acceptors (Lipinski definition) is 2. The van der Waals surface area contributed by atoms with Gasteiger partial charge in [-0.2, -0.15) is 0 Å². The van der Waals surface area contributed by atoms with Gasteiger partial charge in [0, 0.05) is 24.7 Å². The van der Waals surface area contributed by atoms with Crippen LogP contribution in [0, 0.1) is 5.92 Å². The summed E-state index contributed by atoms with van der Waals surface area (Å²) in [5.74, 6) is 0.742. The van der Waals surface area contributed by atoms with E-state index in [1.54, 1.807) is 0 Å². The Kier molecular flexibility index (Phi) is 2.22. The highest BCUT2D eigenvalue weighted by atomic mass is 15.0. The topological polar surface area (TPSA) is 24.4 Å². The largest absolute Gasteiger partial charge is 0.311 e. The Morgan fingerprint density at radius 3 is 3.18 bits per heavy atom. The number of rotatable bonds is 0. The molecule has 1 N–H and O–H groups in total. The number of nitrogens with one attached hydrogen (secondary N) is 1. The maximum absolute atomic E-state index is 4.37. The third kappa shape index (κ3) is 1.62. The molecule has 0 saturated heterocycles. The molecular weight excluding hydrogens is 136 g/mol. The first kappa shape index (κ1) is 7.29. The Labute approximate surface area is 68.1 Å². The van der Waals surface area contributed by atoms with E-state index in [1.807, 2.05) is 0 Å². The van der Waals surface area contributed by atoms with E-state index in [-0.39, 0.29) is 0 Å². The predicted octanol–water partition coefficient (Wildman–Crippen LogP) is 1.22. The van der Waals surface area contributed by atoms with Crippen molar-refractivity contribution in [2.24, 2.45) is 10.9 Å². The molecule has 0 aromatic heterocycles. The van der Waals surface area contributed by atoms with Crippen molar-refractivity contribution in [2.75, 3.05) is 13.1 Å². The quantitative estimate of drug-likeness (QED) is 0.554. The standard InChI is InChI=1S/C9H16N2/c1-2-4-9-8(3-1)7-10-5-6-11-9/h7-9,11H,1-6H2. The summed E-state index contributed by atoms with van der Waals surface area (Å²) in [6.45, 7) is 2.06. The lowest BCUT2D eigenvalue weighted by atomic mass is 9.85. The predicted molar refractivity (Wildman–Crippen MR) is 47.1 cm³/mol. The van der Waals surface area contributed by atoms with Crippen molar-refractivity contribution in [3.8, 4) is 0 Å². The second-order valence-corrected chi connectivity index (χ2v) is 3.56. The van der Waals surface area contributed by atoms with Crippen LogP contribution >= 0.6 is 0 Å². The van der Waals surface area contributed by atoms with E-state index in [2.05, 4.69) is 16.5 Å². The number of fused-ring (bicyclic) bond motifs is 1. The van der Waals surface area contributed by atoms with Gasteiger partial charge in [-0.05, 0) is 12.8 Å². The molecule has 2 aliphatic rings. The highest BCUT2D eigenvalue weighted by Gasteiger charge is 2.23. The first-order valence-electron chi connectivity index (χ1n) is 4.70. The van der Waals surface area contributed by atoms with Gasteiger partial charge in [-0.3, -0.25) is 4.99 Å². The lowest BCUT2D eigenvalue weighted by molar-refractivity contribution is 0.335. The molecule has 2 atom stereocenters. The van der Waals surface area contributed by atoms with Crippen LogP contribution in [0.4, 0.5) is 0 Å². The van der Waals surface area contributed by atoms with Gasteiger partial charge >= 0.3 is 0 Å². The first-order chi connectivity index (χ1) is 5.47. The minimum absolute atomic E-state index is 0.742. The molecule has 62 valence electrons. The van der Waals surface area contributed by atoms with E-state index < -0.39 is 0 Å². The monoisotopic (exact) mass is 152 g/mol. The number of aliphatic imine (C=N–C) groups is 1. The van der Waals surface area contributed by atoms with Crippen molar-refractivity contribution in [3.63, 3.8) is 0 Å². The average molecular weight is 152 g/mol. The van der Waals surface area contributed by atoms with Crippen molar-refractivity contribution in [1.82, 2.24) is 5.32 Å². The van der Waals surface area contributed by atoms with Gasteiger partial charge in [-0.1, -0.05) is 12.8 Å². The molecule has 11 heavy (non-hydrogen) atoms. The molecule has 0 spiro atoms. The summed E-state index contributed by atoms with van der Waals surface area (Å²) in [5, 5.41) is 3.56. The van der Waals surface area contributed by atoms with Crippen LogP contribution in [-0.2, 0) is 0 Å². The minimum Gasteiger partial charge on any atom is -0.311 e. The van der Waals surface area contributed by atoms with Crippen LogP contribution in [0.25, 0.3) is 0 Å². The van der Waals surface area contributed by atoms with Crippen LogP contribution in [-0.4, -0.2) is 25.3 Å². The Hall–Kier alpha value is -0.370. The van der Waals surface area contributed by atoms with Crippen molar-refractivity contribution in [1.29, 1.82) is 0 Å². The fraction of sp³-hybridized carbons (Fsp3) is 0.889. The van der Waals surface area contributed by atoms with E-state index in [9.17, 15) is 0 Å². The van der Waals surface area contributed by atoms with Gasteiger partial charge in [0.25, 0.3) is 0 Å². The van der Waals surface area contributed by atoms with Gasteiger partial charge in [0.15, 0.2) is 0 Å². The summed E-state index contributed by atoms with van der Waals surface area (Å²) in [6.07, 6.45) is 7.69. The van der Waals surface area contributed by atoms with Crippen LogP contribution in [0.15, 0.2) is 4.99 Å². The maximum Gasteiger partial charge on any atom is 0.0510 e. The van der Waals surface area contributed by atoms with Crippen LogP contribution in [0.5, 0.6) is 0 Å². The number of nitrogens with zero attached hydrogens (tertiary/aromatic N) is 1. The zero-order valence-corrected chi connectivity index (χ0v) is 6.92. The molecule has 1 aliphatic heterocycles. The lowest BCUT2D eigenvalue weighted by Gasteiger charge is -2.28. The molecule has 2 rings (SSSR count). The van der Waals surface area contributed by atoms with E-state index in [1.165, 1.54) is 25.7 Å². The summed E-state index contributed by atoms with van der Waals surface area (Å²) in [5.41, 5.74) is 0. The molecule has 1 heterocycles. The fourth-order valence-corrected chi connectivity index (χ4v) is 2.12. The zero-order valence-electron chi connectivity index (χ0n) is 6.92. The van der Waals surface area contributed by atoms with Crippen LogP contribution in [0.1, 0.15) is 25.7 Å². The lowest BCUT2D eigenvalue weighted by Crippen LogP contribution is -2.38. The highest BCUT2D eigenvalue weighted by molar-refractivity contribution is 5.62. The van der Waals surface area contributed by atoms with E-state index >= 15 is 0 Å². The van der Waals surface area contributed by atoms with E-state index in [0.717, 1.165) is 25.0 Å². The Morgan fingerprint density at radius 2 is 2.18 bits per heavy atom. The maximum atomic E-state index is 4.37. The van der Waals surface area contributed by atoms with Crippen molar-refractivity contribution < 1.29 is 0 Å². The highest BCUT2D eigenvalue weighted by Crippen LogP contribution is 2.23. The average Bonchev–Trinajstić information content (AvgIpc) is 2.28. The number of hydrogen-bond donors (Lipinski definition) is 1. The second-order valence-electron chi connectivity index (χ2n) is 3.56. The molecule has 0 aromatic carbocycles. The van der Waals surface area contributed by atoms with Crippen molar-refractivity contribution in [3.05, 3.63) is 0 Å². The summed E-state index contributed by atoms with van der Waals surface area (Å²) in [4.78, 5) is 4.37. The Bertz CT molecular complexity index is 154. The van der Waals surface area contributed by atoms with Gasteiger partial charge in [0.1, 0.15) is 0 Å². The summed E-state index contributed by atoms with van der Waals surface area (Å²) < 4.78 is 0. The molecule has 1 fully saturated rings. The molecule has 2 heteroatoms. The molecule has 2 nitrogen and oxygen atoms in total. The third-order valence-electron chi connectivity index (χ3n) is 2.76. The van der Waals surface area contributed by atoms with Gasteiger partial charge in [-0.15, -0.1) is 0 Å². The molecule has 1 saturated carbocycles. The molecular formula is C9H16N2. The summed E-state index contributed by atoms with van der Waals surface area (Å²) in [6, 6.07) is 0.745. The van der Waals surface area contributed by atoms with Crippen molar-refractivity contribution in [2.45, 2.75) is 31.7 Å². The minimum atomic E-state index is 0.742. The van der Waals surface area contributed by atoms with Gasteiger partial charge in [-0.25, -0.2) is 0 Å². The van der Waals surface area contributed by atoms with E-state index in [0.29, 0.717) is 0 Å². The van der Waals surface area contributed by atoms with Crippen LogP contribution in [0.3, 0.4) is 0 Å². The third-order valence-corrected chi connectivity index (χ3v) is 2.76. The van der Waals surface area contributed by atoms with Crippen molar-refractivity contribution >= 4 is 6.21 Å².